The molecule has 0 saturated carbocycles. The highest BCUT2D eigenvalue weighted by molar-refractivity contribution is 7.11. The molecule has 1 aromatic carbocycles. The molecule has 1 N–H and O–H groups in total. The molecule has 0 radical (unpaired) electrons. The molecule has 0 aliphatic heterocycles. The molecule has 1 unspecified atom stereocenters. The van der Waals surface area contributed by atoms with Gasteiger partial charge in [-0.15, -0.1) is 11.3 Å². The van der Waals surface area contributed by atoms with Crippen molar-refractivity contribution in [1.82, 2.24) is 4.98 Å². The lowest BCUT2D eigenvalue weighted by Crippen LogP contribution is -2.08. The molecule has 0 bridgehead atoms. The predicted octanol–water partition coefficient (Wildman–Crippen LogP) is 2.99. The normalized spacial score (nSPS) is 17.4. The van der Waals surface area contributed by atoms with Crippen molar-refractivity contribution in [1.29, 1.82) is 0 Å². The summed E-state index contributed by atoms with van der Waals surface area (Å²) in [6.07, 6.45) is 1.82. The maximum Gasteiger partial charge on any atom is 0.312 e. The summed E-state index contributed by atoms with van der Waals surface area (Å²) in [5.74, 6) is -1.55. The number of halogens is 1. The number of benzene rings is 1. The molecular formula is C14H12FNO2S. The van der Waals surface area contributed by atoms with Crippen LogP contribution in [-0.4, -0.2) is 16.1 Å². The van der Waals surface area contributed by atoms with Crippen LogP contribution in [0.2, 0.25) is 0 Å². The molecule has 0 saturated heterocycles. The van der Waals surface area contributed by atoms with Crippen molar-refractivity contribution in [3.05, 3.63) is 51.2 Å². The van der Waals surface area contributed by atoms with Crippen molar-refractivity contribution in [3.8, 4) is 0 Å². The second kappa shape index (κ2) is 4.74. The van der Waals surface area contributed by atoms with E-state index in [1.807, 2.05) is 0 Å². The predicted molar refractivity (Wildman–Crippen MR) is 70.0 cm³/mol. The number of aliphatic carboxylic acids is 1. The summed E-state index contributed by atoms with van der Waals surface area (Å²) >= 11 is 1.51. The number of hydrogen-bond donors (Lipinski definition) is 1. The largest absolute Gasteiger partial charge is 0.481 e. The van der Waals surface area contributed by atoms with E-state index in [0.29, 0.717) is 24.1 Å². The van der Waals surface area contributed by atoms with Gasteiger partial charge in [0.15, 0.2) is 0 Å². The number of hydrogen-bond acceptors (Lipinski definition) is 3. The average Bonchev–Trinajstić information content (AvgIpc) is 2.91. The molecule has 1 aromatic heterocycles. The van der Waals surface area contributed by atoms with Gasteiger partial charge in [-0.1, -0.05) is 18.2 Å². The van der Waals surface area contributed by atoms with Crippen molar-refractivity contribution in [2.75, 3.05) is 0 Å². The topological polar surface area (TPSA) is 50.2 Å². The summed E-state index contributed by atoms with van der Waals surface area (Å²) < 4.78 is 13.6. The van der Waals surface area contributed by atoms with Gasteiger partial charge in [-0.3, -0.25) is 4.79 Å². The van der Waals surface area contributed by atoms with Crippen LogP contribution in [0.3, 0.4) is 0 Å². The molecule has 2 aromatic rings. The standard InChI is InChI=1S/C14H12FNO2S/c15-10-4-2-1-3-8(10)7-12-16-13-9(14(17)18)5-6-11(13)19-12/h1-4,9H,5-7H2,(H,17,18). The van der Waals surface area contributed by atoms with E-state index in [4.69, 9.17) is 5.11 Å². The van der Waals surface area contributed by atoms with E-state index in [-0.39, 0.29) is 5.82 Å². The maximum absolute atomic E-state index is 13.6. The summed E-state index contributed by atoms with van der Waals surface area (Å²) in [7, 11) is 0. The fraction of sp³-hybridized carbons (Fsp3) is 0.286. The van der Waals surface area contributed by atoms with E-state index < -0.39 is 11.9 Å². The minimum atomic E-state index is -0.818. The molecule has 0 fully saturated rings. The third-order valence-corrected chi connectivity index (χ3v) is 4.49. The number of aryl methyl sites for hydroxylation is 1. The molecule has 3 nitrogen and oxygen atoms in total. The van der Waals surface area contributed by atoms with E-state index in [1.165, 1.54) is 17.4 Å². The van der Waals surface area contributed by atoms with Gasteiger partial charge in [-0.25, -0.2) is 9.37 Å². The van der Waals surface area contributed by atoms with Crippen LogP contribution >= 0.6 is 11.3 Å². The van der Waals surface area contributed by atoms with Gasteiger partial charge in [-0.05, 0) is 24.5 Å². The smallest absolute Gasteiger partial charge is 0.312 e. The van der Waals surface area contributed by atoms with Crippen LogP contribution < -0.4 is 0 Å². The van der Waals surface area contributed by atoms with Crippen LogP contribution in [0.15, 0.2) is 24.3 Å². The first-order valence-electron chi connectivity index (χ1n) is 6.10. The Balaban J connectivity index is 1.87. The molecule has 1 heterocycles. The Morgan fingerprint density at radius 2 is 2.26 bits per heavy atom. The summed E-state index contributed by atoms with van der Waals surface area (Å²) in [4.78, 5) is 16.5. The molecule has 19 heavy (non-hydrogen) atoms. The third-order valence-electron chi connectivity index (χ3n) is 3.36. The van der Waals surface area contributed by atoms with Crippen molar-refractivity contribution in [2.45, 2.75) is 25.2 Å². The quantitative estimate of drug-likeness (QED) is 0.938. The summed E-state index contributed by atoms with van der Waals surface area (Å²) in [6, 6.07) is 6.61. The SMILES string of the molecule is O=C(O)C1CCc2sc(Cc3ccccc3F)nc21. The number of carboxylic acid groups (broad SMARTS) is 1. The maximum atomic E-state index is 13.6. The van der Waals surface area contributed by atoms with Crippen LogP contribution in [0.25, 0.3) is 0 Å². The van der Waals surface area contributed by atoms with Crippen LogP contribution in [0.1, 0.15) is 33.5 Å². The van der Waals surface area contributed by atoms with Gasteiger partial charge in [0.2, 0.25) is 0 Å². The molecule has 5 heteroatoms. The highest BCUT2D eigenvalue weighted by Crippen LogP contribution is 2.37. The van der Waals surface area contributed by atoms with E-state index >= 15 is 0 Å². The van der Waals surface area contributed by atoms with Crippen LogP contribution in [0, 0.1) is 5.82 Å². The number of carbonyl (C=O) groups is 1. The van der Waals surface area contributed by atoms with E-state index in [9.17, 15) is 9.18 Å². The summed E-state index contributed by atoms with van der Waals surface area (Å²) in [5, 5.41) is 9.90. The van der Waals surface area contributed by atoms with Crippen LogP contribution in [0.4, 0.5) is 4.39 Å². The van der Waals surface area contributed by atoms with Crippen molar-refractivity contribution >= 4 is 17.3 Å². The van der Waals surface area contributed by atoms with Gasteiger partial charge >= 0.3 is 5.97 Å². The van der Waals surface area contributed by atoms with Gasteiger partial charge in [0, 0.05) is 11.3 Å². The molecule has 3 rings (SSSR count). The molecule has 1 atom stereocenters. The van der Waals surface area contributed by atoms with E-state index in [0.717, 1.165) is 16.3 Å². The Morgan fingerprint density at radius 3 is 3.00 bits per heavy atom. The van der Waals surface area contributed by atoms with E-state index in [1.54, 1.807) is 18.2 Å². The zero-order chi connectivity index (χ0) is 13.4. The van der Waals surface area contributed by atoms with Gasteiger partial charge in [0.25, 0.3) is 0 Å². The summed E-state index contributed by atoms with van der Waals surface area (Å²) in [5.41, 5.74) is 1.28. The number of carboxylic acids is 1. The monoisotopic (exact) mass is 277 g/mol. The number of thiazole rings is 1. The first-order chi connectivity index (χ1) is 9.15. The summed E-state index contributed by atoms with van der Waals surface area (Å²) in [6.45, 7) is 0. The Bertz CT molecular complexity index is 638. The van der Waals surface area contributed by atoms with Gasteiger partial charge in [0.05, 0.1) is 10.7 Å². The van der Waals surface area contributed by atoms with Crippen molar-refractivity contribution in [3.63, 3.8) is 0 Å². The zero-order valence-corrected chi connectivity index (χ0v) is 10.9. The first kappa shape index (κ1) is 12.3. The molecule has 0 amide bonds. The highest BCUT2D eigenvalue weighted by Gasteiger charge is 2.32. The second-order valence-electron chi connectivity index (χ2n) is 4.61. The van der Waals surface area contributed by atoms with E-state index in [2.05, 4.69) is 4.98 Å². The lowest BCUT2D eigenvalue weighted by Gasteiger charge is -2.02. The molecule has 1 aliphatic rings. The zero-order valence-electron chi connectivity index (χ0n) is 10.1. The van der Waals surface area contributed by atoms with Gasteiger partial charge in [-0.2, -0.15) is 0 Å². The first-order valence-corrected chi connectivity index (χ1v) is 6.91. The lowest BCUT2D eigenvalue weighted by molar-refractivity contribution is -0.138. The molecule has 98 valence electrons. The van der Waals surface area contributed by atoms with Crippen LogP contribution in [-0.2, 0) is 17.6 Å². The van der Waals surface area contributed by atoms with Crippen LogP contribution in [0.5, 0.6) is 0 Å². The fourth-order valence-electron chi connectivity index (χ4n) is 2.40. The highest BCUT2D eigenvalue weighted by atomic mass is 32.1. The lowest BCUT2D eigenvalue weighted by atomic mass is 10.1. The third kappa shape index (κ3) is 2.26. The number of nitrogens with zero attached hydrogens (tertiary/aromatic N) is 1. The fourth-order valence-corrected chi connectivity index (χ4v) is 3.57. The Labute approximate surface area is 113 Å². The second-order valence-corrected chi connectivity index (χ2v) is 5.78. The van der Waals surface area contributed by atoms with Crippen molar-refractivity contribution in [2.24, 2.45) is 0 Å². The Kier molecular flexibility index (Phi) is 3.06. The number of fused-ring (bicyclic) bond motifs is 1. The average molecular weight is 277 g/mol. The minimum Gasteiger partial charge on any atom is -0.481 e. The minimum absolute atomic E-state index is 0.243. The van der Waals surface area contributed by atoms with Gasteiger partial charge in [0.1, 0.15) is 11.7 Å². The Hall–Kier alpha value is -1.75. The molecule has 0 spiro atoms. The molecular weight excluding hydrogens is 265 g/mol. The van der Waals surface area contributed by atoms with Gasteiger partial charge < -0.3 is 5.11 Å². The molecule has 1 aliphatic carbocycles. The Morgan fingerprint density at radius 1 is 1.47 bits per heavy atom. The number of rotatable bonds is 3. The number of aromatic nitrogens is 1. The van der Waals surface area contributed by atoms with Crippen molar-refractivity contribution < 1.29 is 14.3 Å².